The zero-order chi connectivity index (χ0) is 21.0. The molecule has 29 heavy (non-hydrogen) atoms. The molecule has 2 aromatic carbocycles. The Morgan fingerprint density at radius 3 is 2.45 bits per heavy atom. The maximum atomic E-state index is 12.1. The first-order valence-corrected chi connectivity index (χ1v) is 12.1. The van der Waals surface area contributed by atoms with Gasteiger partial charge in [-0.1, -0.05) is 60.3 Å². The van der Waals surface area contributed by atoms with Gasteiger partial charge in [0.2, 0.25) is 10.0 Å². The summed E-state index contributed by atoms with van der Waals surface area (Å²) in [6.07, 6.45) is 2.02. The summed E-state index contributed by atoms with van der Waals surface area (Å²) in [5.74, 6) is 0.115. The largest absolute Gasteiger partial charge is 0.256 e. The van der Waals surface area contributed by atoms with Crippen LogP contribution in [0, 0.1) is 0 Å². The van der Waals surface area contributed by atoms with Crippen molar-refractivity contribution in [3.8, 4) is 0 Å². The van der Waals surface area contributed by atoms with Crippen molar-refractivity contribution >= 4 is 56.2 Å². The second kappa shape index (κ2) is 9.67. The Bertz CT molecular complexity index is 995. The summed E-state index contributed by atoms with van der Waals surface area (Å²) in [7, 11) is -3.33. The van der Waals surface area contributed by atoms with Gasteiger partial charge in [0, 0.05) is 16.5 Å². The summed E-state index contributed by atoms with van der Waals surface area (Å²) in [5.41, 5.74) is 2.45. The molecule has 0 aliphatic carbocycles. The molecule has 3 rings (SSSR count). The monoisotopic (exact) mass is 473 g/mol. The van der Waals surface area contributed by atoms with Crippen LogP contribution in [0.5, 0.6) is 0 Å². The molecule has 5 nitrogen and oxygen atoms in total. The summed E-state index contributed by atoms with van der Waals surface area (Å²) in [6.45, 7) is 2.12. The second-order valence-corrected chi connectivity index (χ2v) is 10.1. The van der Waals surface area contributed by atoms with Gasteiger partial charge in [-0.15, -0.1) is 0 Å². The van der Waals surface area contributed by atoms with Crippen LogP contribution in [0.4, 0.5) is 5.69 Å². The van der Waals surface area contributed by atoms with E-state index in [0.29, 0.717) is 33.6 Å². The molecule has 0 saturated carbocycles. The van der Waals surface area contributed by atoms with Crippen molar-refractivity contribution in [1.82, 2.24) is 4.72 Å². The zero-order valence-corrected chi connectivity index (χ0v) is 19.0. The predicted octanol–water partition coefficient (Wildman–Crippen LogP) is 5.67. The molecule has 0 bridgehead atoms. The van der Waals surface area contributed by atoms with E-state index in [1.165, 1.54) is 0 Å². The number of anilines is 1. The third-order valence-corrected chi connectivity index (χ3v) is 6.85. The van der Waals surface area contributed by atoms with Crippen molar-refractivity contribution in [3.63, 3.8) is 0 Å². The quantitative estimate of drug-likeness (QED) is 0.536. The van der Waals surface area contributed by atoms with Gasteiger partial charge in [0.05, 0.1) is 34.8 Å². The number of benzene rings is 2. The van der Waals surface area contributed by atoms with Crippen LogP contribution in [0.15, 0.2) is 47.6 Å². The number of nitrogens with zero attached hydrogens (tertiary/aromatic N) is 2. The van der Waals surface area contributed by atoms with E-state index in [1.807, 2.05) is 42.3 Å². The minimum Gasteiger partial charge on any atom is -0.256 e. The highest BCUT2D eigenvalue weighted by atomic mass is 35.5. The van der Waals surface area contributed by atoms with Gasteiger partial charge < -0.3 is 0 Å². The number of hydrogen-bond acceptors (Lipinski definition) is 4. The standard InChI is InChI=1S/C20H22Cl3N3O2S/c1-2-3-10-29(27,28)24-13-17-12-20(14-4-6-15(21)7-5-14)26(25-17)19-9-8-16(22)11-18(19)23/h4-9,11,20,24H,2-3,10,12-13H2,1H3. The fraction of sp³-hybridized carbons (Fsp3) is 0.350. The molecule has 1 atom stereocenters. The van der Waals surface area contributed by atoms with Crippen molar-refractivity contribution in [1.29, 1.82) is 0 Å². The lowest BCUT2D eigenvalue weighted by atomic mass is 10.0. The van der Waals surface area contributed by atoms with Crippen LogP contribution in [0.1, 0.15) is 37.8 Å². The Morgan fingerprint density at radius 1 is 1.10 bits per heavy atom. The second-order valence-electron chi connectivity index (χ2n) is 6.87. The zero-order valence-electron chi connectivity index (χ0n) is 15.9. The van der Waals surface area contributed by atoms with Crippen molar-refractivity contribution in [2.45, 2.75) is 32.2 Å². The summed E-state index contributed by atoms with van der Waals surface area (Å²) < 4.78 is 26.9. The molecule has 0 aromatic heterocycles. The van der Waals surface area contributed by atoms with Crippen LogP contribution in [-0.4, -0.2) is 26.4 Å². The van der Waals surface area contributed by atoms with E-state index in [2.05, 4.69) is 9.82 Å². The van der Waals surface area contributed by atoms with E-state index in [-0.39, 0.29) is 18.3 Å². The van der Waals surface area contributed by atoms with Crippen molar-refractivity contribution in [2.75, 3.05) is 17.3 Å². The molecule has 1 aliphatic heterocycles. The van der Waals surface area contributed by atoms with Crippen molar-refractivity contribution in [2.24, 2.45) is 5.10 Å². The average Bonchev–Trinajstić information content (AvgIpc) is 3.09. The Hall–Kier alpha value is -1.31. The summed E-state index contributed by atoms with van der Waals surface area (Å²) in [6, 6.07) is 12.6. The van der Waals surface area contributed by atoms with E-state index in [1.54, 1.807) is 12.1 Å². The third kappa shape index (κ3) is 5.86. The van der Waals surface area contributed by atoms with Gasteiger partial charge in [-0.05, 0) is 42.3 Å². The molecule has 1 heterocycles. The molecule has 9 heteroatoms. The van der Waals surface area contributed by atoms with Gasteiger partial charge in [-0.3, -0.25) is 5.01 Å². The molecule has 0 spiro atoms. The summed E-state index contributed by atoms with van der Waals surface area (Å²) >= 11 is 18.5. The van der Waals surface area contributed by atoms with Gasteiger partial charge in [0.1, 0.15) is 0 Å². The highest BCUT2D eigenvalue weighted by Gasteiger charge is 2.30. The topological polar surface area (TPSA) is 61.8 Å². The molecule has 0 radical (unpaired) electrons. The number of hydrogen-bond donors (Lipinski definition) is 1. The minimum atomic E-state index is -3.33. The highest BCUT2D eigenvalue weighted by Crippen LogP contribution is 2.39. The Morgan fingerprint density at radius 2 is 1.79 bits per heavy atom. The minimum absolute atomic E-state index is 0.115. The van der Waals surface area contributed by atoms with E-state index in [9.17, 15) is 8.42 Å². The van der Waals surface area contributed by atoms with Gasteiger partial charge in [0.25, 0.3) is 0 Å². The normalized spacial score (nSPS) is 16.9. The first-order valence-electron chi connectivity index (χ1n) is 9.32. The molecule has 1 unspecified atom stereocenters. The van der Waals surface area contributed by atoms with E-state index in [0.717, 1.165) is 17.7 Å². The number of hydrazone groups is 1. The van der Waals surface area contributed by atoms with Gasteiger partial charge in [-0.25, -0.2) is 13.1 Å². The molecular weight excluding hydrogens is 453 g/mol. The van der Waals surface area contributed by atoms with E-state index >= 15 is 0 Å². The lowest BCUT2D eigenvalue weighted by molar-refractivity contribution is 0.582. The number of nitrogens with one attached hydrogen (secondary N) is 1. The van der Waals surface area contributed by atoms with Crippen molar-refractivity contribution in [3.05, 3.63) is 63.1 Å². The Kier molecular flexibility index (Phi) is 7.46. The summed E-state index contributed by atoms with van der Waals surface area (Å²) in [5, 5.41) is 8.15. The number of unbranched alkanes of at least 4 members (excludes halogenated alkanes) is 1. The smallest absolute Gasteiger partial charge is 0.211 e. The maximum Gasteiger partial charge on any atom is 0.211 e. The molecule has 1 N–H and O–H groups in total. The van der Waals surface area contributed by atoms with Crippen LogP contribution >= 0.6 is 34.8 Å². The maximum absolute atomic E-state index is 12.1. The molecule has 0 amide bonds. The predicted molar refractivity (Wildman–Crippen MR) is 122 cm³/mol. The Balaban J connectivity index is 1.86. The van der Waals surface area contributed by atoms with Gasteiger partial charge >= 0.3 is 0 Å². The number of rotatable bonds is 8. The average molecular weight is 475 g/mol. The van der Waals surface area contributed by atoms with Crippen LogP contribution in [-0.2, 0) is 10.0 Å². The fourth-order valence-corrected chi connectivity index (χ4v) is 4.93. The number of halogens is 3. The third-order valence-electron chi connectivity index (χ3n) is 4.65. The van der Waals surface area contributed by atoms with Crippen LogP contribution < -0.4 is 9.73 Å². The Labute approximate surface area is 186 Å². The highest BCUT2D eigenvalue weighted by molar-refractivity contribution is 7.89. The summed E-state index contributed by atoms with van der Waals surface area (Å²) in [4.78, 5) is 0. The van der Waals surface area contributed by atoms with Crippen LogP contribution in [0.3, 0.4) is 0 Å². The molecule has 0 saturated heterocycles. The first kappa shape index (κ1) is 22.4. The van der Waals surface area contributed by atoms with Crippen molar-refractivity contribution < 1.29 is 8.42 Å². The lowest BCUT2D eigenvalue weighted by Crippen LogP contribution is -2.31. The van der Waals surface area contributed by atoms with E-state index in [4.69, 9.17) is 34.8 Å². The SMILES string of the molecule is CCCCS(=O)(=O)NCC1=NN(c2ccc(Cl)cc2Cl)C(c2ccc(Cl)cc2)C1. The molecule has 156 valence electrons. The number of sulfonamides is 1. The van der Waals surface area contributed by atoms with Crippen LogP contribution in [0.25, 0.3) is 0 Å². The molecular formula is C20H22Cl3N3O2S. The first-order chi connectivity index (χ1) is 13.8. The van der Waals surface area contributed by atoms with E-state index < -0.39 is 10.0 Å². The van der Waals surface area contributed by atoms with Gasteiger partial charge in [-0.2, -0.15) is 5.10 Å². The fourth-order valence-electron chi connectivity index (χ4n) is 3.11. The van der Waals surface area contributed by atoms with Crippen LogP contribution in [0.2, 0.25) is 15.1 Å². The molecule has 0 fully saturated rings. The van der Waals surface area contributed by atoms with Gasteiger partial charge in [0.15, 0.2) is 0 Å². The lowest BCUT2D eigenvalue weighted by Gasteiger charge is -2.25. The molecule has 2 aromatic rings. The molecule has 1 aliphatic rings.